The van der Waals surface area contributed by atoms with Crippen LogP contribution in [0.25, 0.3) is 0 Å². The fourth-order valence-corrected chi connectivity index (χ4v) is 1.82. The third-order valence-electron chi connectivity index (χ3n) is 2.17. The minimum absolute atomic E-state index is 0.0125. The minimum Gasteiger partial charge on any atom is -0.496 e. The molecule has 1 rings (SSSR count). The molecule has 20 heavy (non-hydrogen) atoms. The van der Waals surface area contributed by atoms with Gasteiger partial charge in [-0.3, -0.25) is 10.8 Å². The van der Waals surface area contributed by atoms with E-state index in [-0.39, 0.29) is 17.0 Å². The molecule has 5 N–H and O–H groups in total. The highest BCUT2D eigenvalue weighted by molar-refractivity contribution is 14.1. The van der Waals surface area contributed by atoms with Crippen molar-refractivity contribution in [2.75, 3.05) is 12.5 Å². The number of benzene rings is 1. The number of nitrogens with zero attached hydrogens (tertiary/aromatic N) is 2. The van der Waals surface area contributed by atoms with E-state index in [1.54, 1.807) is 6.07 Å². The van der Waals surface area contributed by atoms with Crippen molar-refractivity contribution >= 4 is 45.8 Å². The van der Waals surface area contributed by atoms with Crippen LogP contribution in [0, 0.1) is 20.3 Å². The van der Waals surface area contributed by atoms with Crippen LogP contribution in [0.5, 0.6) is 5.75 Å². The quantitative estimate of drug-likeness (QED) is 0.259. The second-order valence-corrected chi connectivity index (χ2v) is 4.60. The lowest BCUT2D eigenvalue weighted by atomic mass is 10.2. The first-order chi connectivity index (χ1) is 9.40. The number of hydrazone groups is 1. The van der Waals surface area contributed by atoms with Gasteiger partial charge >= 0.3 is 5.97 Å². The highest BCUT2D eigenvalue weighted by Gasteiger charge is 2.14. The van der Waals surface area contributed by atoms with Gasteiger partial charge in [-0.1, -0.05) is 0 Å². The Morgan fingerprint density at radius 3 is 2.75 bits per heavy atom. The normalized spacial score (nSPS) is 10.6. The third-order valence-corrected chi connectivity index (χ3v) is 3.06. The molecule has 0 heterocycles. The molecule has 0 spiro atoms. The Kier molecular flexibility index (Phi) is 5.27. The van der Waals surface area contributed by atoms with E-state index >= 15 is 0 Å². The van der Waals surface area contributed by atoms with Crippen molar-refractivity contribution in [3.63, 3.8) is 0 Å². The fourth-order valence-electron chi connectivity index (χ4n) is 1.24. The summed E-state index contributed by atoms with van der Waals surface area (Å²) in [6.45, 7) is 0. The summed E-state index contributed by atoms with van der Waals surface area (Å²) in [6, 6.07) is 4.50. The first-order valence-corrected chi connectivity index (χ1v) is 6.17. The number of carbonyl (C=O) groups is 1. The highest BCUT2D eigenvalue weighted by Crippen LogP contribution is 2.28. The van der Waals surface area contributed by atoms with Crippen LogP contribution in [-0.4, -0.2) is 29.7 Å². The molecular formula is C11H10IN5O3. The number of nitrogens with one attached hydrogen (secondary N) is 2. The van der Waals surface area contributed by atoms with Crippen molar-refractivity contribution in [2.24, 2.45) is 10.8 Å². The number of hydrogen-bond acceptors (Lipinski definition) is 6. The molecule has 0 aliphatic rings. The summed E-state index contributed by atoms with van der Waals surface area (Å²) in [4.78, 5) is 11.0. The van der Waals surface area contributed by atoms with Crippen LogP contribution in [0.2, 0.25) is 0 Å². The lowest BCUT2D eigenvalue weighted by Crippen LogP contribution is -2.22. The van der Waals surface area contributed by atoms with Crippen molar-refractivity contribution in [3.05, 3.63) is 21.3 Å². The van der Waals surface area contributed by atoms with Crippen LogP contribution in [0.1, 0.15) is 10.4 Å². The van der Waals surface area contributed by atoms with Gasteiger partial charge in [0.15, 0.2) is 5.84 Å². The predicted octanol–water partition coefficient (Wildman–Crippen LogP) is 1.23. The molecule has 0 amide bonds. The molecule has 1 aromatic carbocycles. The second-order valence-electron chi connectivity index (χ2n) is 3.44. The summed E-state index contributed by atoms with van der Waals surface area (Å²) >= 11 is 1.91. The van der Waals surface area contributed by atoms with E-state index in [9.17, 15) is 4.79 Å². The summed E-state index contributed by atoms with van der Waals surface area (Å²) in [7, 11) is 1.35. The monoisotopic (exact) mass is 387 g/mol. The Morgan fingerprint density at radius 1 is 1.65 bits per heavy atom. The lowest BCUT2D eigenvalue weighted by Gasteiger charge is -2.10. The summed E-state index contributed by atoms with van der Waals surface area (Å²) in [5.41, 5.74) is 7.87. The number of hydrogen-bond donors (Lipinski definition) is 4. The Bertz CT molecular complexity index is 636. The van der Waals surface area contributed by atoms with Crippen LogP contribution < -0.4 is 15.9 Å². The van der Waals surface area contributed by atoms with Gasteiger partial charge in [0.1, 0.15) is 17.4 Å². The van der Waals surface area contributed by atoms with Crippen LogP contribution in [0.3, 0.4) is 0 Å². The standard InChI is InChI=1S/C11H10IN5O3/c1-20-9-3-7(6(12)2-5(9)11(18)19)16-17-8(4-13)10(14)15/h2-3,16H,1H3,(H3,14,15)(H,18,19)/b17-8+. The summed E-state index contributed by atoms with van der Waals surface area (Å²) in [5.74, 6) is -1.43. The molecular weight excluding hydrogens is 377 g/mol. The number of ether oxygens (including phenoxy) is 1. The third kappa shape index (κ3) is 3.58. The molecule has 8 nitrogen and oxygen atoms in total. The van der Waals surface area contributed by atoms with Gasteiger partial charge in [0.2, 0.25) is 5.71 Å². The molecule has 0 saturated heterocycles. The predicted molar refractivity (Wildman–Crippen MR) is 81.3 cm³/mol. The number of halogens is 1. The first kappa shape index (κ1) is 15.7. The molecule has 104 valence electrons. The van der Waals surface area contributed by atoms with E-state index < -0.39 is 11.8 Å². The van der Waals surface area contributed by atoms with E-state index in [2.05, 4.69) is 10.5 Å². The minimum atomic E-state index is -1.11. The Labute approximate surface area is 127 Å². The van der Waals surface area contributed by atoms with Crippen molar-refractivity contribution in [3.8, 4) is 11.8 Å². The molecule has 0 saturated carbocycles. The smallest absolute Gasteiger partial charge is 0.339 e. The van der Waals surface area contributed by atoms with Crippen molar-refractivity contribution in [2.45, 2.75) is 0 Å². The molecule has 0 fully saturated rings. The topological polar surface area (TPSA) is 145 Å². The Hall–Kier alpha value is -2.35. The molecule has 0 aliphatic carbocycles. The van der Waals surface area contributed by atoms with Gasteiger partial charge in [0, 0.05) is 9.64 Å². The van der Waals surface area contributed by atoms with Gasteiger partial charge in [-0.15, -0.1) is 0 Å². The maximum Gasteiger partial charge on any atom is 0.339 e. The zero-order valence-electron chi connectivity index (χ0n) is 10.3. The molecule has 0 atom stereocenters. The van der Waals surface area contributed by atoms with E-state index in [4.69, 9.17) is 26.2 Å². The number of amidine groups is 1. The number of aromatic carboxylic acids is 1. The highest BCUT2D eigenvalue weighted by atomic mass is 127. The number of methoxy groups -OCH3 is 1. The first-order valence-electron chi connectivity index (χ1n) is 5.09. The number of nitriles is 1. The maximum atomic E-state index is 11.0. The van der Waals surface area contributed by atoms with Gasteiger partial charge in [0.05, 0.1) is 12.8 Å². The molecule has 1 aromatic rings. The van der Waals surface area contributed by atoms with Crippen LogP contribution in [-0.2, 0) is 0 Å². The van der Waals surface area contributed by atoms with Crippen molar-refractivity contribution in [1.29, 1.82) is 10.7 Å². The summed E-state index contributed by atoms with van der Waals surface area (Å²) < 4.78 is 5.54. The Balaban J connectivity index is 3.18. The van der Waals surface area contributed by atoms with Crippen molar-refractivity contribution < 1.29 is 14.6 Å². The van der Waals surface area contributed by atoms with E-state index in [0.29, 0.717) is 9.26 Å². The van der Waals surface area contributed by atoms with Gasteiger partial charge in [-0.25, -0.2) is 4.79 Å². The van der Waals surface area contributed by atoms with Gasteiger partial charge in [0.25, 0.3) is 0 Å². The number of nitrogens with two attached hydrogens (primary N) is 1. The molecule has 0 aliphatic heterocycles. The zero-order chi connectivity index (χ0) is 15.3. The van der Waals surface area contributed by atoms with Gasteiger partial charge < -0.3 is 15.6 Å². The Morgan fingerprint density at radius 2 is 2.30 bits per heavy atom. The maximum absolute atomic E-state index is 11.0. The summed E-state index contributed by atoms with van der Waals surface area (Å²) in [6.07, 6.45) is 0. The second kappa shape index (κ2) is 6.71. The summed E-state index contributed by atoms with van der Waals surface area (Å²) in [5, 5.41) is 28.5. The average Bonchev–Trinajstić information content (AvgIpc) is 2.39. The fraction of sp³-hybridized carbons (Fsp3) is 0.0909. The lowest BCUT2D eigenvalue weighted by molar-refractivity contribution is 0.0693. The molecule has 0 aromatic heterocycles. The molecule has 0 bridgehead atoms. The van der Waals surface area contributed by atoms with Gasteiger partial charge in [-0.05, 0) is 28.7 Å². The SMILES string of the molecule is COc1cc(N/N=C(\C#N)C(=N)N)c(I)cc1C(=O)O. The zero-order valence-corrected chi connectivity index (χ0v) is 12.4. The van der Waals surface area contributed by atoms with E-state index in [1.165, 1.54) is 19.2 Å². The number of rotatable bonds is 5. The molecule has 9 heteroatoms. The number of carboxylic acid groups (broad SMARTS) is 1. The largest absolute Gasteiger partial charge is 0.496 e. The van der Waals surface area contributed by atoms with E-state index in [1.807, 2.05) is 22.6 Å². The van der Waals surface area contributed by atoms with E-state index in [0.717, 1.165) is 0 Å². The van der Waals surface area contributed by atoms with Gasteiger partial charge in [-0.2, -0.15) is 10.4 Å². The van der Waals surface area contributed by atoms with Crippen LogP contribution in [0.15, 0.2) is 17.2 Å². The van der Waals surface area contributed by atoms with Crippen LogP contribution in [0.4, 0.5) is 5.69 Å². The molecule has 0 unspecified atom stereocenters. The average molecular weight is 387 g/mol. The number of carboxylic acids is 1. The number of anilines is 1. The van der Waals surface area contributed by atoms with Crippen LogP contribution >= 0.6 is 22.6 Å². The van der Waals surface area contributed by atoms with Crippen molar-refractivity contribution in [1.82, 2.24) is 0 Å². The molecule has 0 radical (unpaired) electrons.